The maximum atomic E-state index is 12.0. The standard InChI is InChI=1S/C13H26N2O2S/c1-3-15(9-11-6-7-11)13(10-14)8-4-5-12(13)18(2,16)17/h11-12H,3-10,14H2,1-2H3. The lowest BCUT2D eigenvalue weighted by molar-refractivity contribution is 0.102. The smallest absolute Gasteiger partial charge is 0.152 e. The lowest BCUT2D eigenvalue weighted by Gasteiger charge is -2.44. The van der Waals surface area contributed by atoms with Crippen LogP contribution in [0.2, 0.25) is 0 Å². The van der Waals surface area contributed by atoms with Gasteiger partial charge < -0.3 is 5.73 Å². The molecule has 2 saturated carbocycles. The highest BCUT2D eigenvalue weighted by atomic mass is 32.2. The van der Waals surface area contributed by atoms with Crippen LogP contribution in [0.25, 0.3) is 0 Å². The van der Waals surface area contributed by atoms with Crippen molar-refractivity contribution in [3.8, 4) is 0 Å². The Balaban J connectivity index is 2.25. The van der Waals surface area contributed by atoms with Crippen LogP contribution in [-0.4, -0.2) is 50.0 Å². The molecular weight excluding hydrogens is 248 g/mol. The molecule has 0 saturated heterocycles. The topological polar surface area (TPSA) is 63.4 Å². The molecule has 0 heterocycles. The summed E-state index contributed by atoms with van der Waals surface area (Å²) in [6.45, 7) is 4.52. The van der Waals surface area contributed by atoms with Crippen molar-refractivity contribution < 1.29 is 8.42 Å². The normalized spacial score (nSPS) is 33.2. The van der Waals surface area contributed by atoms with E-state index in [2.05, 4.69) is 11.8 Å². The highest BCUT2D eigenvalue weighted by Crippen LogP contribution is 2.41. The van der Waals surface area contributed by atoms with Crippen molar-refractivity contribution in [1.29, 1.82) is 0 Å². The van der Waals surface area contributed by atoms with Crippen molar-refractivity contribution in [2.45, 2.75) is 49.8 Å². The van der Waals surface area contributed by atoms with E-state index >= 15 is 0 Å². The van der Waals surface area contributed by atoms with Crippen molar-refractivity contribution in [3.05, 3.63) is 0 Å². The fraction of sp³-hybridized carbons (Fsp3) is 1.00. The number of nitrogens with two attached hydrogens (primary N) is 1. The molecule has 0 aromatic carbocycles. The van der Waals surface area contributed by atoms with Gasteiger partial charge in [0.1, 0.15) is 0 Å². The molecule has 18 heavy (non-hydrogen) atoms. The van der Waals surface area contributed by atoms with Gasteiger partial charge in [-0.2, -0.15) is 0 Å². The largest absolute Gasteiger partial charge is 0.329 e. The molecule has 0 aromatic rings. The molecule has 0 bridgehead atoms. The maximum absolute atomic E-state index is 12.0. The molecular formula is C13H26N2O2S. The van der Waals surface area contributed by atoms with E-state index in [0.29, 0.717) is 6.54 Å². The lowest BCUT2D eigenvalue weighted by Crippen LogP contribution is -2.60. The van der Waals surface area contributed by atoms with Gasteiger partial charge in [-0.25, -0.2) is 8.42 Å². The summed E-state index contributed by atoms with van der Waals surface area (Å²) < 4.78 is 24.1. The zero-order chi connectivity index (χ0) is 13.4. The maximum Gasteiger partial charge on any atom is 0.152 e. The zero-order valence-electron chi connectivity index (χ0n) is 11.6. The minimum atomic E-state index is -3.01. The third-order valence-corrected chi connectivity index (χ3v) is 6.44. The third kappa shape index (κ3) is 2.58. The van der Waals surface area contributed by atoms with E-state index in [1.807, 2.05) is 0 Å². The first-order valence-corrected chi connectivity index (χ1v) is 9.03. The van der Waals surface area contributed by atoms with Crippen LogP contribution in [0, 0.1) is 5.92 Å². The molecule has 2 aliphatic carbocycles. The molecule has 5 heteroatoms. The van der Waals surface area contributed by atoms with E-state index in [1.54, 1.807) is 0 Å². The minimum absolute atomic E-state index is 0.270. The Bertz CT molecular complexity index is 392. The summed E-state index contributed by atoms with van der Waals surface area (Å²) >= 11 is 0. The van der Waals surface area contributed by atoms with E-state index in [1.165, 1.54) is 19.1 Å². The zero-order valence-corrected chi connectivity index (χ0v) is 12.4. The predicted octanol–water partition coefficient (Wildman–Crippen LogP) is 1.01. The Kier molecular flexibility index (Phi) is 4.04. The molecule has 106 valence electrons. The first-order chi connectivity index (χ1) is 8.44. The Morgan fingerprint density at radius 3 is 2.44 bits per heavy atom. The van der Waals surface area contributed by atoms with Crippen LogP contribution < -0.4 is 5.73 Å². The summed E-state index contributed by atoms with van der Waals surface area (Å²) in [4.78, 5) is 2.36. The monoisotopic (exact) mass is 274 g/mol. The molecule has 2 atom stereocenters. The molecule has 2 aliphatic rings. The van der Waals surface area contributed by atoms with Crippen molar-refractivity contribution in [2.24, 2.45) is 11.7 Å². The lowest BCUT2D eigenvalue weighted by atomic mass is 9.94. The van der Waals surface area contributed by atoms with Crippen molar-refractivity contribution in [3.63, 3.8) is 0 Å². The third-order valence-electron chi connectivity index (χ3n) is 4.73. The molecule has 2 N–H and O–H groups in total. The number of sulfone groups is 1. The van der Waals surface area contributed by atoms with Gasteiger partial charge >= 0.3 is 0 Å². The fourth-order valence-corrected chi connectivity index (χ4v) is 5.35. The van der Waals surface area contributed by atoms with Crippen LogP contribution >= 0.6 is 0 Å². The van der Waals surface area contributed by atoms with Crippen LogP contribution in [0.15, 0.2) is 0 Å². The van der Waals surface area contributed by atoms with Gasteiger partial charge in [0.2, 0.25) is 0 Å². The van der Waals surface area contributed by atoms with Gasteiger partial charge in [0.05, 0.1) is 5.25 Å². The van der Waals surface area contributed by atoms with Gasteiger partial charge in [-0.3, -0.25) is 4.90 Å². The second-order valence-corrected chi connectivity index (χ2v) is 8.23. The number of hydrogen-bond donors (Lipinski definition) is 1. The van der Waals surface area contributed by atoms with E-state index in [4.69, 9.17) is 5.73 Å². The Labute approximate surface area is 111 Å². The number of likely N-dealkylation sites (N-methyl/N-ethyl adjacent to an activating group) is 1. The Morgan fingerprint density at radius 2 is 2.00 bits per heavy atom. The molecule has 4 nitrogen and oxygen atoms in total. The van der Waals surface area contributed by atoms with Crippen LogP contribution in [0.4, 0.5) is 0 Å². The van der Waals surface area contributed by atoms with Crippen molar-refractivity contribution >= 4 is 9.84 Å². The molecule has 0 amide bonds. The van der Waals surface area contributed by atoms with E-state index < -0.39 is 9.84 Å². The second-order valence-electron chi connectivity index (χ2n) is 6.00. The number of rotatable bonds is 6. The highest BCUT2D eigenvalue weighted by Gasteiger charge is 2.51. The summed E-state index contributed by atoms with van der Waals surface area (Å²) in [7, 11) is -3.01. The van der Waals surface area contributed by atoms with Gasteiger partial charge in [0.25, 0.3) is 0 Å². The average Bonchev–Trinajstić information content (AvgIpc) is 3.01. The molecule has 0 spiro atoms. The minimum Gasteiger partial charge on any atom is -0.329 e. The van der Waals surface area contributed by atoms with E-state index in [0.717, 1.165) is 38.3 Å². The van der Waals surface area contributed by atoms with Crippen LogP contribution in [-0.2, 0) is 9.84 Å². The van der Waals surface area contributed by atoms with Crippen LogP contribution in [0.1, 0.15) is 39.0 Å². The quantitative estimate of drug-likeness (QED) is 0.785. The van der Waals surface area contributed by atoms with Gasteiger partial charge in [0.15, 0.2) is 9.84 Å². The summed E-state index contributed by atoms with van der Waals surface area (Å²) in [6, 6.07) is 0. The molecule has 0 radical (unpaired) electrons. The number of hydrogen-bond acceptors (Lipinski definition) is 4. The molecule has 0 aromatic heterocycles. The Morgan fingerprint density at radius 1 is 1.33 bits per heavy atom. The average molecular weight is 274 g/mol. The summed E-state index contributed by atoms with van der Waals surface area (Å²) in [5.41, 5.74) is 5.72. The second kappa shape index (κ2) is 5.10. The van der Waals surface area contributed by atoms with E-state index in [9.17, 15) is 8.42 Å². The molecule has 2 unspecified atom stereocenters. The first kappa shape index (κ1) is 14.3. The van der Waals surface area contributed by atoms with Gasteiger partial charge in [-0.05, 0) is 38.1 Å². The van der Waals surface area contributed by atoms with Crippen LogP contribution in [0.3, 0.4) is 0 Å². The SMILES string of the molecule is CCN(CC1CC1)C1(CN)CCCC1S(C)(=O)=O. The first-order valence-electron chi connectivity index (χ1n) is 7.08. The highest BCUT2D eigenvalue weighted by molar-refractivity contribution is 7.91. The van der Waals surface area contributed by atoms with Gasteiger partial charge in [0, 0.05) is 24.9 Å². The molecule has 0 aliphatic heterocycles. The fourth-order valence-electron chi connectivity index (χ4n) is 3.60. The van der Waals surface area contributed by atoms with Gasteiger partial charge in [-0.15, -0.1) is 0 Å². The predicted molar refractivity (Wildman–Crippen MR) is 74.2 cm³/mol. The van der Waals surface area contributed by atoms with E-state index in [-0.39, 0.29) is 10.8 Å². The van der Waals surface area contributed by atoms with Crippen molar-refractivity contribution in [2.75, 3.05) is 25.9 Å². The molecule has 2 fully saturated rings. The number of nitrogens with zero attached hydrogens (tertiary/aromatic N) is 1. The Hall–Kier alpha value is -0.130. The van der Waals surface area contributed by atoms with Crippen molar-refractivity contribution in [1.82, 2.24) is 4.90 Å². The summed E-state index contributed by atoms with van der Waals surface area (Å²) in [6.07, 6.45) is 6.65. The van der Waals surface area contributed by atoms with Gasteiger partial charge in [-0.1, -0.05) is 13.3 Å². The summed E-state index contributed by atoms with van der Waals surface area (Å²) in [5, 5.41) is -0.270. The molecule has 2 rings (SSSR count). The van der Waals surface area contributed by atoms with Crippen LogP contribution in [0.5, 0.6) is 0 Å². The summed E-state index contributed by atoms with van der Waals surface area (Å²) in [5.74, 6) is 0.772.